The fraction of sp³-hybridized carbons (Fsp3) is 0.222. The van der Waals surface area contributed by atoms with E-state index in [1.807, 2.05) is 20.2 Å². The molecule has 16 heavy (non-hydrogen) atoms. The molecule has 0 fully saturated rings. The van der Waals surface area contributed by atoms with Gasteiger partial charge in [0.05, 0.1) is 0 Å². The highest BCUT2D eigenvalue weighted by Crippen LogP contribution is 2.12. The molecule has 0 aromatic carbocycles. The topological polar surface area (TPSA) is 64.7 Å². The number of hydrogen-bond acceptors (Lipinski definition) is 4. The van der Waals surface area contributed by atoms with Gasteiger partial charge in [-0.15, -0.1) is 0 Å². The van der Waals surface area contributed by atoms with Gasteiger partial charge < -0.3 is 5.32 Å². The molecule has 0 atom stereocenters. The molecule has 1 N–H and O–H groups in total. The molecular formula is C9H12BrN5O. The number of aryl methyl sites for hydroxylation is 1. The summed E-state index contributed by atoms with van der Waals surface area (Å²) >= 11 is 3.32. The quantitative estimate of drug-likeness (QED) is 0.841. The first kappa shape index (κ1) is 12.4. The molecule has 86 valence electrons. The molecule has 2 rings (SSSR count). The first-order valence-electron chi connectivity index (χ1n) is 4.47. The zero-order chi connectivity index (χ0) is 12.0. The zero-order valence-electron chi connectivity index (χ0n) is 8.96. The van der Waals surface area contributed by atoms with E-state index in [9.17, 15) is 4.79 Å². The van der Waals surface area contributed by atoms with Gasteiger partial charge in [-0.1, -0.05) is 0 Å². The summed E-state index contributed by atoms with van der Waals surface area (Å²) in [5.74, 6) is 0.879. The summed E-state index contributed by atoms with van der Waals surface area (Å²) < 4.78 is 4.07. The number of nitrogens with one attached hydrogen (secondary N) is 1. The molecule has 0 unspecified atom stereocenters. The van der Waals surface area contributed by atoms with Crippen molar-refractivity contribution in [2.45, 2.75) is 0 Å². The minimum absolute atomic E-state index is 0.688. The number of carbonyl (C=O) groups excluding carboxylic acids is 1. The second-order valence-electron chi connectivity index (χ2n) is 2.84. The lowest BCUT2D eigenvalue weighted by Crippen LogP contribution is -1.92. The van der Waals surface area contributed by atoms with E-state index in [1.54, 1.807) is 17.1 Å². The maximum atomic E-state index is 9.79. The van der Waals surface area contributed by atoms with Gasteiger partial charge in [0.25, 0.3) is 0 Å². The first-order chi connectivity index (χ1) is 7.67. The number of rotatable bonds is 2. The monoisotopic (exact) mass is 285 g/mol. The molecule has 6 nitrogen and oxygen atoms in total. The average Bonchev–Trinajstić information content (AvgIpc) is 2.90. The highest BCUT2D eigenvalue weighted by molar-refractivity contribution is 9.10. The Labute approximate surface area is 101 Å². The van der Waals surface area contributed by atoms with Crippen LogP contribution in [0, 0.1) is 0 Å². The summed E-state index contributed by atoms with van der Waals surface area (Å²) in [5.41, 5.74) is 0. The molecule has 0 aliphatic carbocycles. The van der Waals surface area contributed by atoms with Gasteiger partial charge in [0.1, 0.15) is 16.7 Å². The Morgan fingerprint density at radius 2 is 2.31 bits per heavy atom. The van der Waals surface area contributed by atoms with Crippen LogP contribution in [0.15, 0.2) is 29.4 Å². The Morgan fingerprint density at radius 1 is 1.56 bits per heavy atom. The summed E-state index contributed by atoms with van der Waals surface area (Å²) in [6, 6.07) is 1.92. The largest absolute Gasteiger partial charge is 0.372 e. The van der Waals surface area contributed by atoms with Crippen LogP contribution in [0.2, 0.25) is 0 Å². The number of hydrogen-bond donors (Lipinski definition) is 1. The fourth-order valence-electron chi connectivity index (χ4n) is 0.898. The van der Waals surface area contributed by atoms with Crippen LogP contribution in [-0.2, 0) is 11.8 Å². The van der Waals surface area contributed by atoms with Crippen molar-refractivity contribution in [1.29, 1.82) is 0 Å². The van der Waals surface area contributed by atoms with E-state index in [0.717, 1.165) is 10.4 Å². The highest BCUT2D eigenvalue weighted by Gasteiger charge is 1.96. The molecule has 7 heteroatoms. The van der Waals surface area contributed by atoms with E-state index in [-0.39, 0.29) is 0 Å². The summed E-state index contributed by atoms with van der Waals surface area (Å²) in [5, 5.41) is 7.01. The second-order valence-corrected chi connectivity index (χ2v) is 3.65. The van der Waals surface area contributed by atoms with Gasteiger partial charge >= 0.3 is 0 Å². The SMILES string of the molecule is CNc1cc(Br)n(C)n1.O=Cn1ccnc1. The summed E-state index contributed by atoms with van der Waals surface area (Å²) in [4.78, 5) is 13.4. The van der Waals surface area contributed by atoms with Gasteiger partial charge in [0.2, 0.25) is 6.41 Å². The number of imidazole rings is 1. The minimum atomic E-state index is 0.688. The molecule has 2 heterocycles. The molecule has 0 aliphatic heterocycles. The second kappa shape index (κ2) is 6.06. The lowest BCUT2D eigenvalue weighted by Gasteiger charge is -1.88. The molecule has 0 bridgehead atoms. The van der Waals surface area contributed by atoms with E-state index in [2.05, 4.69) is 31.3 Å². The van der Waals surface area contributed by atoms with Crippen LogP contribution in [0.4, 0.5) is 5.82 Å². The minimum Gasteiger partial charge on any atom is -0.372 e. The molecule has 0 aliphatic rings. The lowest BCUT2D eigenvalue weighted by molar-refractivity contribution is 0.547. The summed E-state index contributed by atoms with van der Waals surface area (Å²) in [6.07, 6.45) is 5.25. The van der Waals surface area contributed by atoms with E-state index in [4.69, 9.17) is 0 Å². The maximum Gasteiger partial charge on any atom is 0.218 e. The zero-order valence-corrected chi connectivity index (χ0v) is 10.5. The Morgan fingerprint density at radius 3 is 2.56 bits per heavy atom. The number of carbonyl (C=O) groups is 1. The van der Waals surface area contributed by atoms with Gasteiger partial charge in [-0.05, 0) is 15.9 Å². The van der Waals surface area contributed by atoms with Crippen molar-refractivity contribution >= 4 is 28.2 Å². The first-order valence-corrected chi connectivity index (χ1v) is 5.26. The van der Waals surface area contributed by atoms with E-state index >= 15 is 0 Å². The molecule has 0 saturated carbocycles. The number of nitrogens with zero attached hydrogens (tertiary/aromatic N) is 4. The Balaban J connectivity index is 0.000000165. The average molecular weight is 286 g/mol. The number of anilines is 1. The van der Waals surface area contributed by atoms with Gasteiger partial charge in [-0.2, -0.15) is 5.10 Å². The third kappa shape index (κ3) is 3.50. The van der Waals surface area contributed by atoms with Crippen LogP contribution in [0.3, 0.4) is 0 Å². The van der Waals surface area contributed by atoms with E-state index in [0.29, 0.717) is 6.41 Å². The predicted molar refractivity (Wildman–Crippen MR) is 64.8 cm³/mol. The Kier molecular flexibility index (Phi) is 4.71. The maximum absolute atomic E-state index is 9.79. The van der Waals surface area contributed by atoms with Crippen molar-refractivity contribution in [3.63, 3.8) is 0 Å². The lowest BCUT2D eigenvalue weighted by atomic mass is 10.6. The molecule has 0 radical (unpaired) electrons. The fourth-order valence-corrected chi connectivity index (χ4v) is 1.19. The molecule has 2 aromatic rings. The third-order valence-electron chi connectivity index (χ3n) is 1.73. The third-order valence-corrected chi connectivity index (χ3v) is 2.47. The van der Waals surface area contributed by atoms with E-state index < -0.39 is 0 Å². The normalized spacial score (nSPS) is 9.19. The molecular weight excluding hydrogens is 274 g/mol. The van der Waals surface area contributed by atoms with Gasteiger partial charge in [0.15, 0.2) is 0 Å². The van der Waals surface area contributed by atoms with Gasteiger partial charge in [-0.25, -0.2) is 4.98 Å². The van der Waals surface area contributed by atoms with Crippen LogP contribution in [0.1, 0.15) is 0 Å². The van der Waals surface area contributed by atoms with Crippen LogP contribution >= 0.6 is 15.9 Å². The molecule has 0 spiro atoms. The number of halogens is 1. The summed E-state index contributed by atoms with van der Waals surface area (Å²) in [7, 11) is 3.72. The smallest absolute Gasteiger partial charge is 0.218 e. The van der Waals surface area contributed by atoms with Gasteiger partial charge in [-0.3, -0.25) is 14.0 Å². The predicted octanol–water partition coefficient (Wildman–Crippen LogP) is 1.15. The van der Waals surface area contributed by atoms with Crippen LogP contribution < -0.4 is 5.32 Å². The van der Waals surface area contributed by atoms with Crippen molar-refractivity contribution in [3.8, 4) is 0 Å². The van der Waals surface area contributed by atoms with Crippen LogP contribution in [0.5, 0.6) is 0 Å². The van der Waals surface area contributed by atoms with Crippen LogP contribution in [-0.4, -0.2) is 32.8 Å². The molecule has 0 amide bonds. The van der Waals surface area contributed by atoms with Crippen molar-refractivity contribution in [2.24, 2.45) is 7.05 Å². The molecule has 0 saturated heterocycles. The number of aromatic nitrogens is 4. The standard InChI is InChI=1S/C5H8BrN3.C4H4N2O/c1-7-5-3-4(6)9(2)8-5;7-4-6-2-1-5-3-6/h3H,1-2H3,(H,7,8);1-4H. The van der Waals surface area contributed by atoms with Crippen molar-refractivity contribution in [2.75, 3.05) is 12.4 Å². The van der Waals surface area contributed by atoms with Crippen molar-refractivity contribution in [3.05, 3.63) is 29.4 Å². The van der Waals surface area contributed by atoms with Crippen molar-refractivity contribution in [1.82, 2.24) is 19.3 Å². The Bertz CT molecular complexity index is 417. The van der Waals surface area contributed by atoms with Gasteiger partial charge in [0, 0.05) is 32.6 Å². The Hall–Kier alpha value is -1.63. The summed E-state index contributed by atoms with van der Waals surface area (Å²) in [6.45, 7) is 0. The van der Waals surface area contributed by atoms with Crippen LogP contribution in [0.25, 0.3) is 0 Å². The molecule has 2 aromatic heterocycles. The highest BCUT2D eigenvalue weighted by atomic mass is 79.9. The van der Waals surface area contributed by atoms with Crippen molar-refractivity contribution < 1.29 is 4.79 Å². The van der Waals surface area contributed by atoms with E-state index in [1.165, 1.54) is 10.9 Å².